The fraction of sp³-hybridized carbons (Fsp3) is 0.381. The predicted molar refractivity (Wildman–Crippen MR) is 111 cm³/mol. The van der Waals surface area contributed by atoms with Crippen molar-refractivity contribution in [2.75, 3.05) is 26.7 Å². The summed E-state index contributed by atoms with van der Waals surface area (Å²) in [5.41, 5.74) is 0.881. The number of carbonyl (C=O) groups is 1. The van der Waals surface area contributed by atoms with E-state index in [9.17, 15) is 13.2 Å². The number of carbonyl (C=O) groups excluding carboxylic acids is 1. The van der Waals surface area contributed by atoms with E-state index >= 15 is 0 Å². The van der Waals surface area contributed by atoms with Gasteiger partial charge in [-0.25, -0.2) is 13.1 Å². The second kappa shape index (κ2) is 9.87. The Morgan fingerprint density at radius 3 is 2.38 bits per heavy atom. The standard InChI is InChI=1S/C21H27N3O4S/c1-24-13-11-18(12-14-24)23-21(25)16-28-19-7-9-20(10-8-19)29(26,27)22-15-17-5-3-2-4-6-17/h2-10,18,22H,11-16H2,1H3,(H,23,25). The first-order valence-electron chi connectivity index (χ1n) is 9.67. The molecule has 7 nitrogen and oxygen atoms in total. The van der Waals surface area contributed by atoms with Crippen LogP contribution >= 0.6 is 0 Å². The van der Waals surface area contributed by atoms with Crippen molar-refractivity contribution in [1.82, 2.24) is 14.9 Å². The molecule has 1 heterocycles. The van der Waals surface area contributed by atoms with Crippen LogP contribution in [0.15, 0.2) is 59.5 Å². The van der Waals surface area contributed by atoms with Gasteiger partial charge in [-0.05, 0) is 62.8 Å². The summed E-state index contributed by atoms with van der Waals surface area (Å²) in [5, 5.41) is 2.98. The maximum atomic E-state index is 12.4. The van der Waals surface area contributed by atoms with Gasteiger partial charge in [0.05, 0.1) is 4.90 Å². The molecule has 2 aromatic carbocycles. The molecule has 0 spiro atoms. The molecule has 0 radical (unpaired) electrons. The molecule has 1 saturated heterocycles. The third-order valence-corrected chi connectivity index (χ3v) is 6.31. The minimum Gasteiger partial charge on any atom is -0.484 e. The molecular weight excluding hydrogens is 390 g/mol. The van der Waals surface area contributed by atoms with Crippen molar-refractivity contribution in [3.63, 3.8) is 0 Å². The number of nitrogens with zero attached hydrogens (tertiary/aromatic N) is 1. The van der Waals surface area contributed by atoms with Gasteiger partial charge in [0.15, 0.2) is 6.61 Å². The van der Waals surface area contributed by atoms with Crippen molar-refractivity contribution in [2.45, 2.75) is 30.3 Å². The number of hydrogen-bond acceptors (Lipinski definition) is 5. The van der Waals surface area contributed by atoms with Crippen molar-refractivity contribution in [3.05, 3.63) is 60.2 Å². The lowest BCUT2D eigenvalue weighted by molar-refractivity contribution is -0.124. The molecule has 8 heteroatoms. The Balaban J connectivity index is 1.47. The van der Waals surface area contributed by atoms with Gasteiger partial charge in [0.1, 0.15) is 5.75 Å². The van der Waals surface area contributed by atoms with Crippen LogP contribution in [-0.2, 0) is 21.4 Å². The fourth-order valence-corrected chi connectivity index (χ4v) is 4.16. The summed E-state index contributed by atoms with van der Waals surface area (Å²) >= 11 is 0. The Kier molecular flexibility index (Phi) is 7.24. The van der Waals surface area contributed by atoms with Crippen molar-refractivity contribution >= 4 is 15.9 Å². The van der Waals surface area contributed by atoms with Crippen LogP contribution in [0.2, 0.25) is 0 Å². The zero-order valence-corrected chi connectivity index (χ0v) is 17.3. The molecule has 3 rings (SSSR count). The molecule has 0 aromatic heterocycles. The van der Waals surface area contributed by atoms with Gasteiger partial charge in [-0.15, -0.1) is 0 Å². The first kappa shape index (κ1) is 21.3. The quantitative estimate of drug-likeness (QED) is 0.683. The van der Waals surface area contributed by atoms with E-state index in [1.165, 1.54) is 12.1 Å². The second-order valence-electron chi connectivity index (χ2n) is 7.22. The van der Waals surface area contributed by atoms with Crippen LogP contribution in [0.3, 0.4) is 0 Å². The van der Waals surface area contributed by atoms with Crippen molar-refractivity contribution in [2.24, 2.45) is 0 Å². The van der Waals surface area contributed by atoms with Gasteiger partial charge in [0.25, 0.3) is 5.91 Å². The van der Waals surface area contributed by atoms with Gasteiger partial charge in [-0.3, -0.25) is 4.79 Å². The van der Waals surface area contributed by atoms with Crippen LogP contribution in [-0.4, -0.2) is 52.0 Å². The number of nitrogens with one attached hydrogen (secondary N) is 2. The Labute approximate surface area is 172 Å². The molecule has 0 aliphatic carbocycles. The van der Waals surface area contributed by atoms with Crippen LogP contribution in [0.1, 0.15) is 18.4 Å². The maximum Gasteiger partial charge on any atom is 0.258 e. The topological polar surface area (TPSA) is 87.7 Å². The lowest BCUT2D eigenvalue weighted by Gasteiger charge is -2.29. The van der Waals surface area contributed by atoms with Gasteiger partial charge < -0.3 is 15.0 Å². The molecule has 156 valence electrons. The third kappa shape index (κ3) is 6.56. The van der Waals surface area contributed by atoms with Crippen LogP contribution in [0.5, 0.6) is 5.75 Å². The van der Waals surface area contributed by atoms with Gasteiger partial charge in [0, 0.05) is 12.6 Å². The van der Waals surface area contributed by atoms with E-state index in [1.54, 1.807) is 12.1 Å². The molecule has 0 unspecified atom stereocenters. The smallest absolute Gasteiger partial charge is 0.258 e. The van der Waals surface area contributed by atoms with Crippen LogP contribution in [0.25, 0.3) is 0 Å². The minimum absolute atomic E-state index is 0.0926. The molecular formula is C21H27N3O4S. The van der Waals surface area contributed by atoms with Crippen LogP contribution < -0.4 is 14.8 Å². The largest absolute Gasteiger partial charge is 0.484 e. The van der Waals surface area contributed by atoms with Gasteiger partial charge in [-0.2, -0.15) is 0 Å². The number of sulfonamides is 1. The normalized spacial score (nSPS) is 15.8. The van der Waals surface area contributed by atoms with Crippen molar-refractivity contribution in [1.29, 1.82) is 0 Å². The number of amides is 1. The highest BCUT2D eigenvalue weighted by atomic mass is 32.2. The Morgan fingerprint density at radius 1 is 1.07 bits per heavy atom. The minimum atomic E-state index is -3.62. The highest BCUT2D eigenvalue weighted by Crippen LogP contribution is 2.16. The number of rotatable bonds is 8. The third-order valence-electron chi connectivity index (χ3n) is 4.90. The number of piperidine rings is 1. The Bertz CT molecular complexity index is 893. The summed E-state index contributed by atoms with van der Waals surface area (Å²) in [6.45, 7) is 2.07. The summed E-state index contributed by atoms with van der Waals surface area (Å²) in [5.74, 6) is 0.284. The molecule has 0 saturated carbocycles. The molecule has 1 fully saturated rings. The first-order chi connectivity index (χ1) is 13.9. The van der Waals surface area contributed by atoms with E-state index in [0.29, 0.717) is 5.75 Å². The average molecular weight is 418 g/mol. The van der Waals surface area contributed by atoms with Crippen LogP contribution in [0, 0.1) is 0 Å². The highest BCUT2D eigenvalue weighted by Gasteiger charge is 2.18. The van der Waals surface area contributed by atoms with Gasteiger partial charge in [-0.1, -0.05) is 30.3 Å². The van der Waals surface area contributed by atoms with E-state index in [2.05, 4.69) is 22.0 Å². The SMILES string of the molecule is CN1CCC(NC(=O)COc2ccc(S(=O)(=O)NCc3ccccc3)cc2)CC1. The molecule has 0 atom stereocenters. The number of benzene rings is 2. The maximum absolute atomic E-state index is 12.4. The van der Waals surface area contributed by atoms with Gasteiger partial charge in [0.2, 0.25) is 10.0 Å². The van der Waals surface area contributed by atoms with Crippen molar-refractivity contribution in [3.8, 4) is 5.75 Å². The first-order valence-corrected chi connectivity index (χ1v) is 11.1. The summed E-state index contributed by atoms with van der Waals surface area (Å²) in [6.07, 6.45) is 1.87. The Morgan fingerprint density at radius 2 is 1.72 bits per heavy atom. The van der Waals surface area contributed by atoms with Crippen LogP contribution in [0.4, 0.5) is 0 Å². The Hall–Kier alpha value is -2.42. The second-order valence-corrected chi connectivity index (χ2v) is 8.98. The van der Waals surface area contributed by atoms with E-state index in [0.717, 1.165) is 31.5 Å². The predicted octanol–water partition coefficient (Wildman–Crippen LogP) is 1.75. The summed E-state index contributed by atoms with van der Waals surface area (Å²) in [6, 6.07) is 15.5. The monoisotopic (exact) mass is 417 g/mol. The van der Waals surface area contributed by atoms with E-state index in [1.807, 2.05) is 30.3 Å². The van der Waals surface area contributed by atoms with E-state index in [-0.39, 0.29) is 30.0 Å². The molecule has 1 aliphatic rings. The number of ether oxygens (including phenoxy) is 1. The molecule has 2 N–H and O–H groups in total. The number of likely N-dealkylation sites (tertiary alicyclic amines) is 1. The summed E-state index contributed by atoms with van der Waals surface area (Å²) in [4.78, 5) is 14.4. The summed E-state index contributed by atoms with van der Waals surface area (Å²) < 4.78 is 32.9. The molecule has 2 aromatic rings. The van der Waals surface area contributed by atoms with E-state index in [4.69, 9.17) is 4.74 Å². The van der Waals surface area contributed by atoms with Gasteiger partial charge >= 0.3 is 0 Å². The number of hydrogen-bond donors (Lipinski definition) is 2. The highest BCUT2D eigenvalue weighted by molar-refractivity contribution is 7.89. The van der Waals surface area contributed by atoms with Crippen molar-refractivity contribution < 1.29 is 17.9 Å². The summed E-state index contributed by atoms with van der Waals surface area (Å²) in [7, 11) is -1.55. The van der Waals surface area contributed by atoms with E-state index < -0.39 is 10.0 Å². The lowest BCUT2D eigenvalue weighted by Crippen LogP contribution is -2.44. The zero-order valence-electron chi connectivity index (χ0n) is 16.5. The molecule has 1 amide bonds. The lowest BCUT2D eigenvalue weighted by atomic mass is 10.1. The molecule has 29 heavy (non-hydrogen) atoms. The molecule has 1 aliphatic heterocycles. The zero-order chi connectivity index (χ0) is 20.7. The average Bonchev–Trinajstić information content (AvgIpc) is 2.74. The molecule has 0 bridgehead atoms. The fourth-order valence-electron chi connectivity index (χ4n) is 3.14.